The smallest absolute Gasteiger partial charge is 0.174 e. The van der Waals surface area contributed by atoms with Gasteiger partial charge in [0.2, 0.25) is 0 Å². The lowest BCUT2D eigenvalue weighted by Crippen LogP contribution is -1.86. The fourth-order valence-corrected chi connectivity index (χ4v) is 3.01. The lowest BCUT2D eigenvalue weighted by molar-refractivity contribution is 0.969. The van der Waals surface area contributed by atoms with Crippen molar-refractivity contribution in [2.45, 2.75) is 22.6 Å². The van der Waals surface area contributed by atoms with Gasteiger partial charge in [-0.15, -0.1) is 10.2 Å². The number of aryl methyl sites for hydroxylation is 1. The van der Waals surface area contributed by atoms with E-state index < -0.39 is 0 Å². The van der Waals surface area contributed by atoms with Crippen LogP contribution in [0.3, 0.4) is 0 Å². The summed E-state index contributed by atoms with van der Waals surface area (Å²) in [5.41, 5.74) is 0. The van der Waals surface area contributed by atoms with E-state index in [1.165, 1.54) is 23.3 Å². The molecule has 2 heterocycles. The summed E-state index contributed by atoms with van der Waals surface area (Å²) in [4.78, 5) is 5.05. The number of hydrogen-bond acceptors (Lipinski definition) is 6. The van der Waals surface area contributed by atoms with Crippen LogP contribution in [0.4, 0.5) is 0 Å². The number of nitrogens with zero attached hydrogens (tertiary/aromatic N) is 4. The quantitative estimate of drug-likeness (QED) is 0.868. The third kappa shape index (κ3) is 2.82. The third-order valence-corrected chi connectivity index (χ3v) is 4.05. The van der Waals surface area contributed by atoms with E-state index in [-0.39, 0.29) is 0 Å². The van der Waals surface area contributed by atoms with Crippen LogP contribution in [0.1, 0.15) is 12.7 Å². The molecule has 0 N–H and O–H groups in total. The Bertz CT molecular complexity index is 503. The zero-order valence-electron chi connectivity index (χ0n) is 8.15. The predicted octanol–water partition coefficient (Wildman–Crippen LogP) is 3.35. The first-order chi connectivity index (χ1) is 7.69. The van der Waals surface area contributed by atoms with Gasteiger partial charge in [-0.05, 0) is 17.6 Å². The van der Waals surface area contributed by atoms with Crippen LogP contribution in [0.2, 0.25) is 10.3 Å². The first kappa shape index (κ1) is 12.0. The van der Waals surface area contributed by atoms with Crippen LogP contribution in [0.5, 0.6) is 0 Å². The van der Waals surface area contributed by atoms with Crippen molar-refractivity contribution in [3.05, 3.63) is 22.2 Å². The Hall–Kier alpha value is -0.430. The molecule has 2 aromatic heterocycles. The molecule has 0 fully saturated rings. The summed E-state index contributed by atoms with van der Waals surface area (Å²) in [7, 11) is 0. The molecular formula is C8H6Cl2N4S2. The van der Waals surface area contributed by atoms with Crippen molar-refractivity contribution >= 4 is 46.5 Å². The molecule has 0 saturated carbocycles. The average Bonchev–Trinajstić information content (AvgIpc) is 2.71. The van der Waals surface area contributed by atoms with E-state index in [1.54, 1.807) is 6.07 Å². The largest absolute Gasteiger partial charge is 0.213 e. The van der Waals surface area contributed by atoms with Gasteiger partial charge in [0.15, 0.2) is 14.6 Å². The van der Waals surface area contributed by atoms with Gasteiger partial charge in [0.25, 0.3) is 0 Å². The molecule has 0 spiro atoms. The van der Waals surface area contributed by atoms with Gasteiger partial charge in [0.1, 0.15) is 5.82 Å². The highest BCUT2D eigenvalue weighted by Crippen LogP contribution is 2.33. The maximum absolute atomic E-state index is 5.89. The normalized spacial score (nSPS) is 10.7. The first-order valence-corrected chi connectivity index (χ1v) is 6.72. The Morgan fingerprint density at radius 2 is 2.19 bits per heavy atom. The van der Waals surface area contributed by atoms with E-state index >= 15 is 0 Å². The fourth-order valence-electron chi connectivity index (χ4n) is 0.926. The van der Waals surface area contributed by atoms with Crippen molar-refractivity contribution in [2.75, 3.05) is 0 Å². The van der Waals surface area contributed by atoms with Gasteiger partial charge in [-0.3, -0.25) is 0 Å². The summed E-state index contributed by atoms with van der Waals surface area (Å²) in [6.07, 6.45) is 0.820. The maximum atomic E-state index is 5.89. The highest BCUT2D eigenvalue weighted by Gasteiger charge is 2.09. The van der Waals surface area contributed by atoms with E-state index in [2.05, 4.69) is 19.6 Å². The van der Waals surface area contributed by atoms with Crippen LogP contribution in [0, 0.1) is 0 Å². The number of hydrogen-bond donors (Lipinski definition) is 0. The summed E-state index contributed by atoms with van der Waals surface area (Å²) in [5, 5.41) is 7.99. The summed E-state index contributed by atoms with van der Waals surface area (Å²) in [6.45, 7) is 2.01. The predicted molar refractivity (Wildman–Crippen MR) is 65.5 cm³/mol. The molecule has 4 nitrogen and oxygen atoms in total. The van der Waals surface area contributed by atoms with Crippen molar-refractivity contribution in [1.29, 1.82) is 0 Å². The number of halogens is 2. The van der Waals surface area contributed by atoms with Crippen LogP contribution in [0.15, 0.2) is 15.3 Å². The van der Waals surface area contributed by atoms with Crippen molar-refractivity contribution in [1.82, 2.24) is 19.6 Å². The second kappa shape index (κ2) is 5.27. The Morgan fingerprint density at radius 1 is 1.38 bits per heavy atom. The summed E-state index contributed by atoms with van der Waals surface area (Å²) >= 11 is 14.4. The molecule has 2 aromatic rings. The highest BCUT2D eigenvalue weighted by molar-refractivity contribution is 8.01. The van der Waals surface area contributed by atoms with Crippen LogP contribution >= 0.6 is 46.5 Å². The lowest BCUT2D eigenvalue weighted by atomic mass is 10.5. The van der Waals surface area contributed by atoms with E-state index in [1.807, 2.05) is 6.92 Å². The van der Waals surface area contributed by atoms with Crippen molar-refractivity contribution in [3.63, 3.8) is 0 Å². The SMILES string of the molecule is CCc1nsc(Sc2cc(Cl)nnc2Cl)n1. The first-order valence-electron chi connectivity index (χ1n) is 4.38. The Morgan fingerprint density at radius 3 is 2.88 bits per heavy atom. The molecule has 8 heteroatoms. The molecule has 0 aromatic carbocycles. The van der Waals surface area contributed by atoms with Crippen LogP contribution in [0.25, 0.3) is 0 Å². The molecule has 0 bridgehead atoms. The van der Waals surface area contributed by atoms with Gasteiger partial charge in [-0.25, -0.2) is 4.98 Å². The highest BCUT2D eigenvalue weighted by atomic mass is 35.5. The van der Waals surface area contributed by atoms with E-state index in [0.717, 1.165) is 21.5 Å². The van der Waals surface area contributed by atoms with Crippen LogP contribution in [-0.4, -0.2) is 19.6 Å². The summed E-state index contributed by atoms with van der Waals surface area (Å²) < 4.78 is 5.00. The van der Waals surface area contributed by atoms with Gasteiger partial charge in [0.05, 0.1) is 4.90 Å². The molecule has 0 aliphatic heterocycles. The Kier molecular flexibility index (Phi) is 3.96. The second-order valence-corrected chi connectivity index (χ2v) is 5.54. The van der Waals surface area contributed by atoms with Gasteiger partial charge >= 0.3 is 0 Å². The lowest BCUT2D eigenvalue weighted by Gasteiger charge is -1.98. The Balaban J connectivity index is 2.22. The minimum atomic E-state index is 0.312. The van der Waals surface area contributed by atoms with Crippen LogP contribution in [-0.2, 0) is 6.42 Å². The summed E-state index contributed by atoms with van der Waals surface area (Å²) in [6, 6.07) is 1.66. The van der Waals surface area contributed by atoms with Crippen molar-refractivity contribution in [3.8, 4) is 0 Å². The van der Waals surface area contributed by atoms with E-state index in [0.29, 0.717) is 10.3 Å². The van der Waals surface area contributed by atoms with Crippen LogP contribution < -0.4 is 0 Å². The average molecular weight is 293 g/mol. The molecule has 0 atom stereocenters. The van der Waals surface area contributed by atoms with Crippen molar-refractivity contribution in [2.24, 2.45) is 0 Å². The minimum absolute atomic E-state index is 0.312. The molecule has 0 saturated heterocycles. The molecular weight excluding hydrogens is 287 g/mol. The third-order valence-electron chi connectivity index (χ3n) is 1.65. The molecule has 0 aliphatic rings. The van der Waals surface area contributed by atoms with E-state index in [4.69, 9.17) is 23.2 Å². The molecule has 0 unspecified atom stereocenters. The second-order valence-electron chi connectivity index (χ2n) is 2.75. The zero-order chi connectivity index (χ0) is 11.5. The standard InChI is InChI=1S/C8H6Cl2N4S2/c1-2-6-11-8(16-14-6)15-4-3-5(9)12-13-7(4)10/h3H,2H2,1H3. The van der Waals surface area contributed by atoms with Crippen molar-refractivity contribution < 1.29 is 0 Å². The monoisotopic (exact) mass is 292 g/mol. The maximum Gasteiger partial charge on any atom is 0.174 e. The van der Waals surface area contributed by atoms with E-state index in [9.17, 15) is 0 Å². The molecule has 0 aliphatic carbocycles. The Labute approximate surface area is 111 Å². The van der Waals surface area contributed by atoms with Gasteiger partial charge in [-0.1, -0.05) is 41.9 Å². The molecule has 2 rings (SSSR count). The topological polar surface area (TPSA) is 51.6 Å². The summed E-state index contributed by atoms with van der Waals surface area (Å²) in [5.74, 6) is 0.830. The number of aromatic nitrogens is 4. The number of rotatable bonds is 3. The zero-order valence-corrected chi connectivity index (χ0v) is 11.3. The molecule has 0 radical (unpaired) electrons. The van der Waals surface area contributed by atoms with Gasteiger partial charge < -0.3 is 0 Å². The molecule has 84 valence electrons. The van der Waals surface area contributed by atoms with Gasteiger partial charge in [0, 0.05) is 6.42 Å². The fraction of sp³-hybridized carbons (Fsp3) is 0.250. The van der Waals surface area contributed by atoms with Gasteiger partial charge in [-0.2, -0.15) is 4.37 Å². The minimum Gasteiger partial charge on any atom is -0.213 e. The molecule has 0 amide bonds. The molecule has 16 heavy (non-hydrogen) atoms.